The summed E-state index contributed by atoms with van der Waals surface area (Å²) >= 11 is 0. The second-order valence-electron chi connectivity index (χ2n) is 10.2. The van der Waals surface area contributed by atoms with Crippen molar-refractivity contribution >= 4 is 29.1 Å². The molecule has 1 saturated carbocycles. The van der Waals surface area contributed by atoms with Gasteiger partial charge in [0.15, 0.2) is 0 Å². The smallest absolute Gasteiger partial charge is 0.255 e. The zero-order chi connectivity index (χ0) is 23.6. The van der Waals surface area contributed by atoms with E-state index < -0.39 is 0 Å². The van der Waals surface area contributed by atoms with Gasteiger partial charge in [0, 0.05) is 30.5 Å². The standard InChI is InChI=1S/C27H33N3O3/c1-27(2,3)21-12-10-18(11-13-21)24(31)28-22-6-4-5-7-23(22)29-25(32)19-14-16-30(17-15-19)26(33)20-8-9-20/h4-7,10-13,19-20H,8-9,14-17H2,1-3H3,(H,28,31)(H,29,32). The molecule has 6 heteroatoms. The molecular weight excluding hydrogens is 414 g/mol. The average Bonchev–Trinajstić information content (AvgIpc) is 3.65. The fraction of sp³-hybridized carbons (Fsp3) is 0.444. The minimum Gasteiger partial charge on any atom is -0.342 e. The van der Waals surface area contributed by atoms with E-state index in [4.69, 9.17) is 0 Å². The van der Waals surface area contributed by atoms with Crippen LogP contribution < -0.4 is 10.6 Å². The summed E-state index contributed by atoms with van der Waals surface area (Å²) in [4.78, 5) is 39.9. The monoisotopic (exact) mass is 447 g/mol. The lowest BCUT2D eigenvalue weighted by Crippen LogP contribution is -2.42. The van der Waals surface area contributed by atoms with E-state index in [0.717, 1.165) is 18.4 Å². The van der Waals surface area contributed by atoms with Crippen molar-refractivity contribution in [2.24, 2.45) is 11.8 Å². The molecule has 0 radical (unpaired) electrons. The number of likely N-dealkylation sites (tertiary alicyclic amines) is 1. The Morgan fingerprint density at radius 2 is 1.36 bits per heavy atom. The molecule has 0 unspecified atom stereocenters. The van der Waals surface area contributed by atoms with Crippen LogP contribution in [0.15, 0.2) is 48.5 Å². The van der Waals surface area contributed by atoms with Crippen molar-refractivity contribution in [2.75, 3.05) is 23.7 Å². The first-order valence-electron chi connectivity index (χ1n) is 11.8. The fourth-order valence-electron chi connectivity index (χ4n) is 4.20. The van der Waals surface area contributed by atoms with Crippen LogP contribution in [0.3, 0.4) is 0 Å². The van der Waals surface area contributed by atoms with E-state index in [2.05, 4.69) is 31.4 Å². The lowest BCUT2D eigenvalue weighted by Gasteiger charge is -2.31. The highest BCUT2D eigenvalue weighted by atomic mass is 16.2. The Morgan fingerprint density at radius 1 is 0.788 bits per heavy atom. The van der Waals surface area contributed by atoms with Crippen LogP contribution in [-0.4, -0.2) is 35.7 Å². The van der Waals surface area contributed by atoms with E-state index >= 15 is 0 Å². The molecule has 2 aromatic carbocycles. The van der Waals surface area contributed by atoms with Gasteiger partial charge in [0.1, 0.15) is 0 Å². The van der Waals surface area contributed by atoms with Crippen molar-refractivity contribution in [2.45, 2.75) is 51.9 Å². The summed E-state index contributed by atoms with van der Waals surface area (Å²) in [5.74, 6) is 0.0451. The fourth-order valence-corrected chi connectivity index (χ4v) is 4.20. The lowest BCUT2D eigenvalue weighted by atomic mass is 9.87. The predicted molar refractivity (Wildman–Crippen MR) is 130 cm³/mol. The molecule has 3 amide bonds. The Morgan fingerprint density at radius 3 is 1.91 bits per heavy atom. The van der Waals surface area contributed by atoms with E-state index in [1.807, 2.05) is 41.3 Å². The molecule has 6 nitrogen and oxygen atoms in total. The number of carbonyl (C=O) groups excluding carboxylic acids is 3. The maximum Gasteiger partial charge on any atom is 0.255 e. The third-order valence-corrected chi connectivity index (χ3v) is 6.55. The number of hydrogen-bond acceptors (Lipinski definition) is 3. The van der Waals surface area contributed by atoms with E-state index in [1.54, 1.807) is 12.1 Å². The van der Waals surface area contributed by atoms with Crippen LogP contribution in [0, 0.1) is 11.8 Å². The number of carbonyl (C=O) groups is 3. The highest BCUT2D eigenvalue weighted by molar-refractivity contribution is 6.07. The third-order valence-electron chi connectivity index (χ3n) is 6.55. The molecule has 1 heterocycles. The maximum absolute atomic E-state index is 12.9. The van der Waals surface area contributed by atoms with Gasteiger partial charge in [0.05, 0.1) is 11.4 Å². The summed E-state index contributed by atoms with van der Waals surface area (Å²) in [7, 11) is 0. The maximum atomic E-state index is 12.9. The Balaban J connectivity index is 1.37. The molecule has 0 atom stereocenters. The largest absolute Gasteiger partial charge is 0.342 e. The van der Waals surface area contributed by atoms with Gasteiger partial charge in [-0.25, -0.2) is 0 Å². The number of benzene rings is 2. The van der Waals surface area contributed by atoms with Crippen LogP contribution in [0.4, 0.5) is 11.4 Å². The quantitative estimate of drug-likeness (QED) is 0.690. The number of para-hydroxylation sites is 2. The van der Waals surface area contributed by atoms with Crippen molar-refractivity contribution in [1.82, 2.24) is 4.90 Å². The normalized spacial score (nSPS) is 16.9. The first kappa shape index (κ1) is 23.0. The Bertz CT molecular complexity index is 1030. The molecule has 0 spiro atoms. The van der Waals surface area contributed by atoms with Crippen molar-refractivity contribution < 1.29 is 14.4 Å². The summed E-state index contributed by atoms with van der Waals surface area (Å²) in [5, 5.41) is 5.92. The molecule has 1 aliphatic carbocycles. The van der Waals surface area contributed by atoms with Crippen molar-refractivity contribution in [3.8, 4) is 0 Å². The van der Waals surface area contributed by atoms with Gasteiger partial charge in [0.25, 0.3) is 5.91 Å². The van der Waals surface area contributed by atoms with E-state index in [1.165, 1.54) is 0 Å². The molecule has 2 N–H and O–H groups in total. The van der Waals surface area contributed by atoms with Gasteiger partial charge < -0.3 is 15.5 Å². The molecule has 2 aliphatic rings. The lowest BCUT2D eigenvalue weighted by molar-refractivity contribution is -0.135. The number of nitrogens with zero attached hydrogens (tertiary/aromatic N) is 1. The Kier molecular flexibility index (Phi) is 6.54. The number of piperidine rings is 1. The molecule has 0 bridgehead atoms. The summed E-state index contributed by atoms with van der Waals surface area (Å²) < 4.78 is 0. The summed E-state index contributed by atoms with van der Waals surface area (Å²) in [6, 6.07) is 14.8. The van der Waals surface area contributed by atoms with Crippen LogP contribution in [0.1, 0.15) is 62.4 Å². The van der Waals surface area contributed by atoms with E-state index in [0.29, 0.717) is 42.9 Å². The number of amides is 3. The predicted octanol–water partition coefficient (Wildman–Crippen LogP) is 4.82. The van der Waals surface area contributed by atoms with Crippen LogP contribution >= 0.6 is 0 Å². The van der Waals surface area contributed by atoms with Gasteiger partial charge >= 0.3 is 0 Å². The summed E-state index contributed by atoms with van der Waals surface area (Å²) in [6.45, 7) is 7.67. The summed E-state index contributed by atoms with van der Waals surface area (Å²) in [5.41, 5.74) is 2.90. The number of hydrogen-bond donors (Lipinski definition) is 2. The topological polar surface area (TPSA) is 78.5 Å². The first-order chi connectivity index (χ1) is 15.7. The highest BCUT2D eigenvalue weighted by Gasteiger charge is 2.36. The molecule has 33 heavy (non-hydrogen) atoms. The van der Waals surface area contributed by atoms with Crippen LogP contribution in [0.25, 0.3) is 0 Å². The van der Waals surface area contributed by atoms with Crippen molar-refractivity contribution in [1.29, 1.82) is 0 Å². The Hall–Kier alpha value is -3.15. The number of rotatable bonds is 5. The number of anilines is 2. The molecule has 2 fully saturated rings. The van der Waals surface area contributed by atoms with E-state index in [-0.39, 0.29) is 35.0 Å². The SMILES string of the molecule is CC(C)(C)c1ccc(C(=O)Nc2ccccc2NC(=O)C2CCN(C(=O)C3CC3)CC2)cc1. The summed E-state index contributed by atoms with van der Waals surface area (Å²) in [6.07, 6.45) is 3.34. The van der Waals surface area contributed by atoms with Gasteiger partial charge in [0.2, 0.25) is 11.8 Å². The molecule has 2 aromatic rings. The molecule has 4 rings (SSSR count). The zero-order valence-electron chi connectivity index (χ0n) is 19.7. The van der Waals surface area contributed by atoms with Crippen LogP contribution in [-0.2, 0) is 15.0 Å². The second-order valence-corrected chi connectivity index (χ2v) is 10.2. The molecular formula is C27H33N3O3. The zero-order valence-corrected chi connectivity index (χ0v) is 19.7. The van der Waals surface area contributed by atoms with Crippen LogP contribution in [0.5, 0.6) is 0 Å². The van der Waals surface area contributed by atoms with Crippen molar-refractivity contribution in [3.05, 3.63) is 59.7 Å². The van der Waals surface area contributed by atoms with Crippen molar-refractivity contribution in [3.63, 3.8) is 0 Å². The van der Waals surface area contributed by atoms with E-state index in [9.17, 15) is 14.4 Å². The number of nitrogens with one attached hydrogen (secondary N) is 2. The third kappa shape index (κ3) is 5.62. The molecule has 1 saturated heterocycles. The van der Waals surface area contributed by atoms with Gasteiger partial charge in [-0.15, -0.1) is 0 Å². The highest BCUT2D eigenvalue weighted by Crippen LogP contribution is 2.33. The average molecular weight is 448 g/mol. The van der Waals surface area contributed by atoms with Gasteiger partial charge in [-0.1, -0.05) is 45.0 Å². The van der Waals surface area contributed by atoms with Gasteiger partial charge in [-0.2, -0.15) is 0 Å². The second kappa shape index (κ2) is 9.38. The molecule has 174 valence electrons. The minimum atomic E-state index is -0.218. The first-order valence-corrected chi connectivity index (χ1v) is 11.8. The van der Waals surface area contributed by atoms with Gasteiger partial charge in [-0.3, -0.25) is 14.4 Å². The van der Waals surface area contributed by atoms with Crippen LogP contribution in [0.2, 0.25) is 0 Å². The Labute approximate surface area is 195 Å². The molecule has 0 aromatic heterocycles. The van der Waals surface area contributed by atoms with Gasteiger partial charge in [-0.05, 0) is 60.9 Å². The molecule has 1 aliphatic heterocycles. The minimum absolute atomic E-state index is 0.0211.